The summed E-state index contributed by atoms with van der Waals surface area (Å²) in [5.41, 5.74) is 0.546. The van der Waals surface area contributed by atoms with Gasteiger partial charge in [0, 0.05) is 33.8 Å². The zero-order valence-electron chi connectivity index (χ0n) is 15.4. The fraction of sp³-hybridized carbons (Fsp3) is 0. The van der Waals surface area contributed by atoms with Crippen molar-refractivity contribution in [3.8, 4) is 0 Å². The number of fused-ring (bicyclic) bond motifs is 1. The minimum Gasteiger partial charge on any atom is -0.351 e. The Morgan fingerprint density at radius 2 is 1.33 bits per heavy atom. The van der Waals surface area contributed by atoms with E-state index in [0.717, 1.165) is 0 Å². The number of hydrogen-bond acceptors (Lipinski definition) is 6. The standard InChI is InChI=1S/C22H14N2O5S/c25-20-17-8-4-5-9-18(17)21(26)22(30(29)16-6-2-1-3-7-16)19(20)23-14-10-12-15(13-11-14)24(27)28/h1-13,23H. The number of nitrogens with one attached hydrogen (secondary N) is 1. The van der Waals surface area contributed by atoms with Crippen LogP contribution in [-0.2, 0) is 10.8 Å². The predicted molar refractivity (Wildman–Crippen MR) is 112 cm³/mol. The van der Waals surface area contributed by atoms with E-state index < -0.39 is 27.3 Å². The third-order valence-electron chi connectivity index (χ3n) is 4.57. The minimum absolute atomic E-state index is 0.102. The van der Waals surface area contributed by atoms with Gasteiger partial charge in [0.25, 0.3) is 5.69 Å². The summed E-state index contributed by atoms with van der Waals surface area (Å²) in [6.45, 7) is 0. The maximum atomic E-state index is 13.3. The number of nitrogens with zero attached hydrogens (tertiary/aromatic N) is 1. The molecule has 0 amide bonds. The van der Waals surface area contributed by atoms with E-state index in [9.17, 15) is 23.9 Å². The van der Waals surface area contributed by atoms with Gasteiger partial charge in [0.2, 0.25) is 11.6 Å². The number of carbonyl (C=O) groups is 2. The molecular weight excluding hydrogens is 404 g/mol. The van der Waals surface area contributed by atoms with Gasteiger partial charge >= 0.3 is 0 Å². The minimum atomic E-state index is -1.90. The number of allylic oxidation sites excluding steroid dienone is 2. The van der Waals surface area contributed by atoms with E-state index in [0.29, 0.717) is 10.6 Å². The summed E-state index contributed by atoms with van der Waals surface area (Å²) in [5.74, 6) is -0.973. The zero-order valence-corrected chi connectivity index (χ0v) is 16.2. The lowest BCUT2D eigenvalue weighted by molar-refractivity contribution is -0.384. The topological polar surface area (TPSA) is 106 Å². The van der Waals surface area contributed by atoms with Crippen LogP contribution in [0.4, 0.5) is 11.4 Å². The number of nitro benzene ring substituents is 1. The van der Waals surface area contributed by atoms with Gasteiger partial charge in [0.05, 0.1) is 15.7 Å². The van der Waals surface area contributed by atoms with Crippen LogP contribution in [0.15, 0.2) is 94.4 Å². The van der Waals surface area contributed by atoms with E-state index in [1.165, 1.54) is 36.4 Å². The second-order valence-electron chi connectivity index (χ2n) is 6.42. The molecule has 1 aliphatic rings. The van der Waals surface area contributed by atoms with Crippen LogP contribution >= 0.6 is 0 Å². The smallest absolute Gasteiger partial charge is 0.269 e. The molecule has 4 rings (SSSR count). The molecule has 1 atom stereocenters. The lowest BCUT2D eigenvalue weighted by atomic mass is 9.92. The van der Waals surface area contributed by atoms with Crippen molar-refractivity contribution in [1.29, 1.82) is 0 Å². The maximum absolute atomic E-state index is 13.3. The Bertz CT molecular complexity index is 1230. The number of Topliss-reactive ketones (excluding diaryl/α,β-unsaturated/α-hetero) is 2. The van der Waals surface area contributed by atoms with Gasteiger partial charge < -0.3 is 5.32 Å². The second kappa shape index (κ2) is 7.84. The SMILES string of the molecule is O=C1C(Nc2ccc([N+](=O)[O-])cc2)=C(S(=O)c2ccccc2)C(=O)c2ccccc21. The highest BCUT2D eigenvalue weighted by atomic mass is 32.2. The van der Waals surface area contributed by atoms with E-state index >= 15 is 0 Å². The Balaban J connectivity index is 1.84. The molecule has 0 spiro atoms. The zero-order chi connectivity index (χ0) is 21.3. The van der Waals surface area contributed by atoms with Crippen LogP contribution < -0.4 is 5.32 Å². The molecule has 0 aromatic heterocycles. The highest BCUT2D eigenvalue weighted by molar-refractivity contribution is 7.90. The van der Waals surface area contributed by atoms with Crippen molar-refractivity contribution in [3.05, 3.63) is 111 Å². The molecule has 0 saturated heterocycles. The molecule has 7 nitrogen and oxygen atoms in total. The second-order valence-corrected chi connectivity index (χ2v) is 7.84. The summed E-state index contributed by atoms with van der Waals surface area (Å²) in [6.07, 6.45) is 0. The molecule has 148 valence electrons. The number of rotatable bonds is 5. The summed E-state index contributed by atoms with van der Waals surface area (Å²) in [4.78, 5) is 36.9. The largest absolute Gasteiger partial charge is 0.351 e. The molecule has 1 N–H and O–H groups in total. The number of non-ortho nitro benzene ring substituents is 1. The van der Waals surface area contributed by atoms with Crippen molar-refractivity contribution in [2.45, 2.75) is 4.90 Å². The molecule has 8 heteroatoms. The number of ketones is 2. The number of nitro groups is 1. The summed E-state index contributed by atoms with van der Waals surface area (Å²) in [7, 11) is -1.90. The molecule has 0 heterocycles. The lowest BCUT2D eigenvalue weighted by Crippen LogP contribution is -2.28. The molecule has 3 aromatic rings. The van der Waals surface area contributed by atoms with Crippen LogP contribution in [0.2, 0.25) is 0 Å². The van der Waals surface area contributed by atoms with Crippen LogP contribution in [0.3, 0.4) is 0 Å². The molecule has 1 aliphatic carbocycles. The number of carbonyl (C=O) groups excluding carboxylic acids is 2. The Kier molecular flexibility index (Phi) is 5.07. The molecule has 0 saturated carbocycles. The number of anilines is 1. The Labute approximate surface area is 173 Å². The lowest BCUT2D eigenvalue weighted by Gasteiger charge is -2.21. The normalized spacial score (nSPS) is 14.3. The molecule has 0 radical (unpaired) electrons. The predicted octanol–water partition coefficient (Wildman–Crippen LogP) is 4.11. The van der Waals surface area contributed by atoms with Crippen molar-refractivity contribution < 1.29 is 18.7 Å². The van der Waals surface area contributed by atoms with E-state index in [1.807, 2.05) is 0 Å². The summed E-state index contributed by atoms with van der Waals surface area (Å²) in [6, 6.07) is 20.1. The van der Waals surface area contributed by atoms with E-state index in [-0.39, 0.29) is 27.4 Å². The summed E-state index contributed by atoms with van der Waals surface area (Å²) >= 11 is 0. The summed E-state index contributed by atoms with van der Waals surface area (Å²) < 4.78 is 13.3. The fourth-order valence-corrected chi connectivity index (χ4v) is 4.36. The number of hydrogen-bond donors (Lipinski definition) is 1. The molecule has 0 aliphatic heterocycles. The molecular formula is C22H14N2O5S. The van der Waals surface area contributed by atoms with Crippen LogP contribution in [-0.4, -0.2) is 20.7 Å². The van der Waals surface area contributed by atoms with Gasteiger partial charge in [-0.15, -0.1) is 0 Å². The fourth-order valence-electron chi connectivity index (χ4n) is 3.12. The molecule has 30 heavy (non-hydrogen) atoms. The summed E-state index contributed by atoms with van der Waals surface area (Å²) in [5, 5.41) is 13.7. The first-order valence-corrected chi connectivity index (χ1v) is 10.0. The van der Waals surface area contributed by atoms with Gasteiger partial charge in [-0.25, -0.2) is 4.21 Å². The monoisotopic (exact) mass is 418 g/mol. The number of benzene rings is 3. The third-order valence-corrected chi connectivity index (χ3v) is 6.03. The molecule has 0 fully saturated rings. The van der Waals surface area contributed by atoms with E-state index in [1.54, 1.807) is 42.5 Å². The average molecular weight is 418 g/mol. The Morgan fingerprint density at radius 1 is 0.767 bits per heavy atom. The van der Waals surface area contributed by atoms with E-state index in [4.69, 9.17) is 0 Å². The van der Waals surface area contributed by atoms with Crippen LogP contribution in [0.5, 0.6) is 0 Å². The Morgan fingerprint density at radius 3 is 1.93 bits per heavy atom. The first kappa shape index (κ1) is 19.4. The first-order valence-electron chi connectivity index (χ1n) is 8.88. The van der Waals surface area contributed by atoms with Gasteiger partial charge in [-0.2, -0.15) is 0 Å². The van der Waals surface area contributed by atoms with Gasteiger partial charge in [-0.1, -0.05) is 42.5 Å². The van der Waals surface area contributed by atoms with Gasteiger partial charge in [0.15, 0.2) is 0 Å². The van der Waals surface area contributed by atoms with Crippen molar-refractivity contribution in [2.24, 2.45) is 0 Å². The molecule has 1 unspecified atom stereocenters. The van der Waals surface area contributed by atoms with Crippen LogP contribution in [0, 0.1) is 10.1 Å². The highest BCUT2D eigenvalue weighted by Gasteiger charge is 2.35. The van der Waals surface area contributed by atoms with Crippen molar-refractivity contribution in [1.82, 2.24) is 0 Å². The van der Waals surface area contributed by atoms with Crippen LogP contribution in [0.25, 0.3) is 0 Å². The van der Waals surface area contributed by atoms with E-state index in [2.05, 4.69) is 5.32 Å². The maximum Gasteiger partial charge on any atom is 0.269 e. The van der Waals surface area contributed by atoms with Crippen molar-refractivity contribution >= 4 is 33.7 Å². The van der Waals surface area contributed by atoms with Gasteiger partial charge in [-0.05, 0) is 24.3 Å². The van der Waals surface area contributed by atoms with Gasteiger partial charge in [0.1, 0.15) is 10.6 Å². The van der Waals surface area contributed by atoms with Crippen molar-refractivity contribution in [3.63, 3.8) is 0 Å². The first-order chi connectivity index (χ1) is 14.5. The van der Waals surface area contributed by atoms with Crippen LogP contribution in [0.1, 0.15) is 20.7 Å². The quantitative estimate of drug-likeness (QED) is 0.494. The third kappa shape index (κ3) is 3.44. The molecule has 0 bridgehead atoms. The molecule has 3 aromatic carbocycles. The highest BCUT2D eigenvalue weighted by Crippen LogP contribution is 2.31. The van der Waals surface area contributed by atoms with Crippen molar-refractivity contribution in [2.75, 3.05) is 5.32 Å². The average Bonchev–Trinajstić information content (AvgIpc) is 2.78. The Hall–Kier alpha value is -3.91. The van der Waals surface area contributed by atoms with Gasteiger partial charge in [-0.3, -0.25) is 19.7 Å².